The number of hydrogen-bond donors (Lipinski definition) is 1. The zero-order chi connectivity index (χ0) is 32.7. The van der Waals surface area contributed by atoms with Crippen LogP contribution in [0.1, 0.15) is 55.4 Å². The lowest BCUT2D eigenvalue weighted by Crippen LogP contribution is -2.38. The second-order valence-corrected chi connectivity index (χ2v) is 11.1. The number of nitriles is 1. The molecule has 1 N–H and O–H groups in total. The van der Waals surface area contributed by atoms with E-state index < -0.39 is 11.5 Å². The number of methoxy groups -OCH3 is 3. The van der Waals surface area contributed by atoms with Gasteiger partial charge in [0.25, 0.3) is 0 Å². The molecule has 11 nitrogen and oxygen atoms in total. The van der Waals surface area contributed by atoms with Gasteiger partial charge in [-0.1, -0.05) is 0 Å². The molecule has 3 aromatic heterocycles. The van der Waals surface area contributed by atoms with E-state index in [-0.39, 0.29) is 24.3 Å². The SMILES string of the molecule is CCOc1cc(C(c2cc3cc(C#N)ccc3nc2OC)C(O)(CCN(C)C)c2cc(OC)nc(OC)c2)cc(OC(C)C)n1. The molecule has 0 bridgehead atoms. The fourth-order valence-corrected chi connectivity index (χ4v) is 5.31. The van der Waals surface area contributed by atoms with Crippen LogP contribution in [0.5, 0.6) is 29.4 Å². The van der Waals surface area contributed by atoms with E-state index in [9.17, 15) is 10.4 Å². The lowest BCUT2D eigenvalue weighted by molar-refractivity contribution is 0.00317. The van der Waals surface area contributed by atoms with Crippen molar-refractivity contribution in [3.63, 3.8) is 0 Å². The highest BCUT2D eigenvalue weighted by Gasteiger charge is 2.44. The van der Waals surface area contributed by atoms with Gasteiger partial charge in [-0.3, -0.25) is 0 Å². The first-order valence-corrected chi connectivity index (χ1v) is 14.7. The first-order valence-electron chi connectivity index (χ1n) is 14.7. The van der Waals surface area contributed by atoms with Gasteiger partial charge >= 0.3 is 0 Å². The quantitative estimate of drug-likeness (QED) is 0.204. The Morgan fingerprint density at radius 3 is 2.13 bits per heavy atom. The van der Waals surface area contributed by atoms with Gasteiger partial charge in [-0.15, -0.1) is 0 Å². The Hall–Kier alpha value is -4.66. The van der Waals surface area contributed by atoms with Crippen LogP contribution in [0.3, 0.4) is 0 Å². The molecule has 2 unspecified atom stereocenters. The lowest BCUT2D eigenvalue weighted by Gasteiger charge is -2.39. The summed E-state index contributed by atoms with van der Waals surface area (Å²) >= 11 is 0. The maximum Gasteiger partial charge on any atom is 0.217 e. The van der Waals surface area contributed by atoms with Crippen LogP contribution in [-0.2, 0) is 5.60 Å². The Morgan fingerprint density at radius 2 is 1.56 bits per heavy atom. The van der Waals surface area contributed by atoms with Crippen LogP contribution in [0, 0.1) is 11.3 Å². The molecule has 11 heteroatoms. The van der Waals surface area contributed by atoms with Crippen LogP contribution in [0.25, 0.3) is 10.9 Å². The maximum absolute atomic E-state index is 13.2. The molecular formula is C34H41N5O6. The standard InChI is InChI=1S/C34H41N5O6/c1-9-44-30-16-24(17-31(38-30)45-21(2)3)32(26-15-23-14-22(20-35)10-11-27(23)36-33(26)43-8)34(40,12-13-39(4)5)25-18-28(41-6)37-29(19-25)42-7/h10-11,14-19,21,32,40H,9,12-13H2,1-8H3. The van der Waals surface area contributed by atoms with Crippen molar-refractivity contribution in [1.29, 1.82) is 5.26 Å². The second-order valence-electron chi connectivity index (χ2n) is 11.1. The highest BCUT2D eigenvalue weighted by Crippen LogP contribution is 2.49. The summed E-state index contributed by atoms with van der Waals surface area (Å²) in [5.74, 6) is 0.743. The minimum atomic E-state index is -1.62. The molecule has 4 rings (SSSR count). The predicted molar refractivity (Wildman–Crippen MR) is 170 cm³/mol. The zero-order valence-electron chi connectivity index (χ0n) is 27.1. The summed E-state index contributed by atoms with van der Waals surface area (Å²) in [6, 6.07) is 16.4. The third-order valence-electron chi connectivity index (χ3n) is 7.34. The molecule has 0 radical (unpaired) electrons. The summed E-state index contributed by atoms with van der Waals surface area (Å²) < 4.78 is 28.9. The van der Waals surface area contributed by atoms with Crippen LogP contribution < -0.4 is 23.7 Å². The number of aromatic nitrogens is 3. The smallest absolute Gasteiger partial charge is 0.217 e. The molecular weight excluding hydrogens is 574 g/mol. The molecule has 0 saturated carbocycles. The predicted octanol–water partition coefficient (Wildman–Crippen LogP) is 5.08. The molecule has 0 aliphatic heterocycles. The van der Waals surface area contributed by atoms with Crippen molar-refractivity contribution in [3.05, 3.63) is 70.8 Å². The Kier molecular flexibility index (Phi) is 10.6. The van der Waals surface area contributed by atoms with Gasteiger partial charge < -0.3 is 33.7 Å². The molecule has 45 heavy (non-hydrogen) atoms. The highest BCUT2D eigenvalue weighted by atomic mass is 16.5. The van der Waals surface area contributed by atoms with E-state index in [2.05, 4.69) is 16.0 Å². The first kappa shape index (κ1) is 33.2. The maximum atomic E-state index is 13.2. The van der Waals surface area contributed by atoms with Crippen LogP contribution in [-0.4, -0.2) is 79.6 Å². The van der Waals surface area contributed by atoms with Crippen molar-refractivity contribution >= 4 is 10.9 Å². The number of rotatable bonds is 14. The summed E-state index contributed by atoms with van der Waals surface area (Å²) in [5.41, 5.74) is 1.25. The van der Waals surface area contributed by atoms with Crippen LogP contribution >= 0.6 is 0 Å². The molecule has 0 aliphatic carbocycles. The van der Waals surface area contributed by atoms with Crippen molar-refractivity contribution in [2.24, 2.45) is 0 Å². The lowest BCUT2D eigenvalue weighted by atomic mass is 9.72. The van der Waals surface area contributed by atoms with Gasteiger partial charge in [-0.25, -0.2) is 4.98 Å². The number of nitrogens with zero attached hydrogens (tertiary/aromatic N) is 5. The average Bonchev–Trinajstić information content (AvgIpc) is 3.02. The summed E-state index contributed by atoms with van der Waals surface area (Å²) in [4.78, 5) is 15.8. The number of ether oxygens (including phenoxy) is 5. The van der Waals surface area contributed by atoms with Crippen LogP contribution in [0.15, 0.2) is 48.5 Å². The average molecular weight is 616 g/mol. The van der Waals surface area contributed by atoms with E-state index in [0.29, 0.717) is 63.9 Å². The summed E-state index contributed by atoms with van der Waals surface area (Å²) in [5, 5.41) is 23.6. The van der Waals surface area contributed by atoms with Crippen molar-refractivity contribution in [2.45, 2.75) is 44.8 Å². The van der Waals surface area contributed by atoms with E-state index in [0.717, 1.165) is 0 Å². The highest BCUT2D eigenvalue weighted by molar-refractivity contribution is 5.82. The molecule has 4 aromatic rings. The van der Waals surface area contributed by atoms with Crippen LogP contribution in [0.4, 0.5) is 0 Å². The Morgan fingerprint density at radius 1 is 0.889 bits per heavy atom. The van der Waals surface area contributed by atoms with E-state index in [1.54, 1.807) is 49.6 Å². The summed E-state index contributed by atoms with van der Waals surface area (Å²) in [6.45, 7) is 6.60. The molecule has 0 saturated heterocycles. The monoisotopic (exact) mass is 615 g/mol. The van der Waals surface area contributed by atoms with Gasteiger partial charge in [0, 0.05) is 47.7 Å². The third-order valence-corrected chi connectivity index (χ3v) is 7.34. The third kappa shape index (κ3) is 7.53. The minimum absolute atomic E-state index is 0.164. The Balaban J connectivity index is 2.14. The fraction of sp³-hybridized carbons (Fsp3) is 0.412. The van der Waals surface area contributed by atoms with Crippen molar-refractivity contribution < 1.29 is 28.8 Å². The number of hydrogen-bond acceptors (Lipinski definition) is 11. The first-order chi connectivity index (χ1) is 21.5. The van der Waals surface area contributed by atoms with E-state index in [1.165, 1.54) is 14.2 Å². The van der Waals surface area contributed by atoms with Crippen molar-refractivity contribution in [2.75, 3.05) is 48.6 Å². The van der Waals surface area contributed by atoms with Crippen molar-refractivity contribution in [3.8, 4) is 35.5 Å². The number of pyridine rings is 3. The van der Waals surface area contributed by atoms with Gasteiger partial charge in [-0.2, -0.15) is 15.2 Å². The number of benzene rings is 1. The van der Waals surface area contributed by atoms with E-state index in [4.69, 9.17) is 28.7 Å². The molecule has 238 valence electrons. The minimum Gasteiger partial charge on any atom is -0.481 e. The largest absolute Gasteiger partial charge is 0.481 e. The molecule has 0 spiro atoms. The van der Waals surface area contributed by atoms with E-state index >= 15 is 0 Å². The Bertz CT molecular complexity index is 1650. The summed E-state index contributed by atoms with van der Waals surface area (Å²) in [6.07, 6.45) is 0.107. The van der Waals surface area contributed by atoms with Gasteiger partial charge in [0.15, 0.2) is 0 Å². The van der Waals surface area contributed by atoms with Crippen molar-refractivity contribution in [1.82, 2.24) is 19.9 Å². The van der Waals surface area contributed by atoms with E-state index in [1.807, 2.05) is 45.8 Å². The van der Waals surface area contributed by atoms with Gasteiger partial charge in [0.2, 0.25) is 29.4 Å². The normalized spacial score (nSPS) is 13.3. The molecule has 0 fully saturated rings. The van der Waals surface area contributed by atoms with Gasteiger partial charge in [0.05, 0.1) is 51.2 Å². The topological polar surface area (TPSA) is 132 Å². The second kappa shape index (κ2) is 14.4. The zero-order valence-corrected chi connectivity index (χ0v) is 27.1. The molecule has 3 heterocycles. The molecule has 1 aromatic carbocycles. The number of aliphatic hydroxyl groups is 1. The van der Waals surface area contributed by atoms with Gasteiger partial charge in [0.1, 0.15) is 5.60 Å². The number of fused-ring (bicyclic) bond motifs is 1. The van der Waals surface area contributed by atoms with Gasteiger partial charge in [-0.05, 0) is 76.7 Å². The molecule has 0 amide bonds. The summed E-state index contributed by atoms with van der Waals surface area (Å²) in [7, 11) is 8.45. The Labute approximate surface area is 264 Å². The fourth-order valence-electron chi connectivity index (χ4n) is 5.31. The molecule has 0 aliphatic rings. The van der Waals surface area contributed by atoms with Crippen LogP contribution in [0.2, 0.25) is 0 Å². The molecule has 2 atom stereocenters.